The maximum absolute atomic E-state index is 9.74. The van der Waals surface area contributed by atoms with Gasteiger partial charge in [-0.1, -0.05) is 6.07 Å². The van der Waals surface area contributed by atoms with Gasteiger partial charge in [-0.25, -0.2) is 0 Å². The van der Waals surface area contributed by atoms with E-state index in [0.29, 0.717) is 13.0 Å². The van der Waals surface area contributed by atoms with Gasteiger partial charge in [-0.05, 0) is 43.1 Å². The fourth-order valence-corrected chi connectivity index (χ4v) is 1.46. The summed E-state index contributed by atoms with van der Waals surface area (Å²) in [6.45, 7) is 2.45. The van der Waals surface area contributed by atoms with Gasteiger partial charge < -0.3 is 15.6 Å². The molecule has 0 aliphatic rings. The molecule has 3 heteroatoms. The average Bonchev–Trinajstić information content (AvgIpc) is 2.17. The number of aryl methyl sites for hydroxylation is 1. The predicted molar refractivity (Wildman–Crippen MR) is 56.4 cm³/mol. The molecule has 1 unspecified atom stereocenters. The van der Waals surface area contributed by atoms with Gasteiger partial charge in [-0.2, -0.15) is 0 Å². The zero-order valence-electron chi connectivity index (χ0n) is 8.66. The van der Waals surface area contributed by atoms with Gasteiger partial charge in [-0.15, -0.1) is 0 Å². The van der Waals surface area contributed by atoms with E-state index in [1.54, 1.807) is 7.11 Å². The van der Waals surface area contributed by atoms with Crippen LogP contribution in [0.4, 0.5) is 0 Å². The van der Waals surface area contributed by atoms with Gasteiger partial charge >= 0.3 is 0 Å². The molecule has 1 rings (SSSR count). The number of methoxy groups -OCH3 is 1. The van der Waals surface area contributed by atoms with Crippen LogP contribution in [0.15, 0.2) is 18.2 Å². The van der Waals surface area contributed by atoms with E-state index in [0.717, 1.165) is 16.9 Å². The van der Waals surface area contributed by atoms with E-state index in [1.165, 1.54) is 0 Å². The lowest BCUT2D eigenvalue weighted by atomic mass is 10.0. The predicted octanol–water partition coefficient (Wildman–Crippen LogP) is 1.39. The number of hydrogen-bond donors (Lipinski definition) is 2. The van der Waals surface area contributed by atoms with Crippen LogP contribution in [-0.2, 0) is 0 Å². The Balaban J connectivity index is 2.88. The van der Waals surface area contributed by atoms with Crippen LogP contribution in [0.2, 0.25) is 0 Å². The van der Waals surface area contributed by atoms with Crippen molar-refractivity contribution in [3.63, 3.8) is 0 Å². The molecule has 14 heavy (non-hydrogen) atoms. The van der Waals surface area contributed by atoms with E-state index in [2.05, 4.69) is 0 Å². The molecule has 78 valence electrons. The summed E-state index contributed by atoms with van der Waals surface area (Å²) in [5.74, 6) is 0.811. The second-order valence-electron chi connectivity index (χ2n) is 3.32. The Bertz CT molecular complexity index is 299. The molecule has 0 spiro atoms. The van der Waals surface area contributed by atoms with Crippen LogP contribution in [-0.4, -0.2) is 18.8 Å². The van der Waals surface area contributed by atoms with E-state index < -0.39 is 6.10 Å². The van der Waals surface area contributed by atoms with E-state index in [9.17, 15) is 5.11 Å². The van der Waals surface area contributed by atoms with Crippen LogP contribution in [0.25, 0.3) is 0 Å². The zero-order valence-corrected chi connectivity index (χ0v) is 8.66. The Hall–Kier alpha value is -1.06. The lowest BCUT2D eigenvalue weighted by Gasteiger charge is -2.13. The van der Waals surface area contributed by atoms with Gasteiger partial charge in [0.25, 0.3) is 0 Å². The largest absolute Gasteiger partial charge is 0.497 e. The van der Waals surface area contributed by atoms with Gasteiger partial charge in [0.1, 0.15) is 5.75 Å². The van der Waals surface area contributed by atoms with Gasteiger partial charge in [0.05, 0.1) is 13.2 Å². The van der Waals surface area contributed by atoms with Crippen LogP contribution >= 0.6 is 0 Å². The van der Waals surface area contributed by atoms with Crippen LogP contribution in [0.5, 0.6) is 5.75 Å². The van der Waals surface area contributed by atoms with Gasteiger partial charge in [0.2, 0.25) is 0 Å². The monoisotopic (exact) mass is 195 g/mol. The van der Waals surface area contributed by atoms with Crippen molar-refractivity contribution < 1.29 is 9.84 Å². The fourth-order valence-electron chi connectivity index (χ4n) is 1.46. The number of ether oxygens (including phenoxy) is 1. The Labute approximate surface area is 84.5 Å². The number of benzene rings is 1. The van der Waals surface area contributed by atoms with E-state index in [-0.39, 0.29) is 0 Å². The van der Waals surface area contributed by atoms with Crippen molar-refractivity contribution in [2.75, 3.05) is 13.7 Å². The van der Waals surface area contributed by atoms with Crippen molar-refractivity contribution >= 4 is 0 Å². The van der Waals surface area contributed by atoms with Crippen LogP contribution in [0.1, 0.15) is 23.7 Å². The summed E-state index contributed by atoms with van der Waals surface area (Å²) in [4.78, 5) is 0. The summed E-state index contributed by atoms with van der Waals surface area (Å²) in [6.07, 6.45) is 0.124. The molecular weight excluding hydrogens is 178 g/mol. The topological polar surface area (TPSA) is 55.5 Å². The molecule has 0 radical (unpaired) electrons. The molecule has 0 aliphatic heterocycles. The summed E-state index contributed by atoms with van der Waals surface area (Å²) in [6, 6.07) is 5.64. The number of aliphatic hydroxyl groups is 1. The second kappa shape index (κ2) is 4.98. The van der Waals surface area contributed by atoms with Gasteiger partial charge in [0.15, 0.2) is 0 Å². The minimum absolute atomic E-state index is 0.467. The van der Waals surface area contributed by atoms with Crippen molar-refractivity contribution in [2.24, 2.45) is 5.73 Å². The van der Waals surface area contributed by atoms with E-state index in [4.69, 9.17) is 10.5 Å². The Morgan fingerprint density at radius 3 is 2.71 bits per heavy atom. The highest BCUT2D eigenvalue weighted by atomic mass is 16.5. The number of rotatable bonds is 4. The third-order valence-electron chi connectivity index (χ3n) is 2.28. The number of aliphatic hydroxyl groups excluding tert-OH is 1. The van der Waals surface area contributed by atoms with Gasteiger partial charge in [0, 0.05) is 0 Å². The maximum Gasteiger partial charge on any atom is 0.119 e. The summed E-state index contributed by atoms with van der Waals surface area (Å²) in [5, 5.41) is 9.74. The molecule has 0 fully saturated rings. The van der Waals surface area contributed by atoms with Crippen LogP contribution in [0.3, 0.4) is 0 Å². The molecule has 0 amide bonds. The van der Waals surface area contributed by atoms with Crippen molar-refractivity contribution in [1.29, 1.82) is 0 Å². The van der Waals surface area contributed by atoms with Gasteiger partial charge in [-0.3, -0.25) is 0 Å². The smallest absolute Gasteiger partial charge is 0.119 e. The SMILES string of the molecule is COc1ccc(C(O)CCN)c(C)c1. The first-order chi connectivity index (χ1) is 6.69. The number of hydrogen-bond acceptors (Lipinski definition) is 3. The standard InChI is InChI=1S/C11H17NO2/c1-8-7-9(14-2)3-4-10(8)11(13)5-6-12/h3-4,7,11,13H,5-6,12H2,1-2H3. The second-order valence-corrected chi connectivity index (χ2v) is 3.32. The van der Waals surface area contributed by atoms with E-state index >= 15 is 0 Å². The Morgan fingerprint density at radius 2 is 2.21 bits per heavy atom. The lowest BCUT2D eigenvalue weighted by molar-refractivity contribution is 0.169. The van der Waals surface area contributed by atoms with Crippen molar-refractivity contribution in [2.45, 2.75) is 19.4 Å². The molecule has 0 aliphatic carbocycles. The first-order valence-electron chi connectivity index (χ1n) is 4.71. The maximum atomic E-state index is 9.74. The molecular formula is C11H17NO2. The molecule has 1 aromatic carbocycles. The quantitative estimate of drug-likeness (QED) is 0.763. The highest BCUT2D eigenvalue weighted by Gasteiger charge is 2.09. The molecule has 0 saturated carbocycles. The first kappa shape index (κ1) is 11.0. The molecule has 3 nitrogen and oxygen atoms in total. The molecule has 3 N–H and O–H groups in total. The molecule has 0 heterocycles. The zero-order chi connectivity index (χ0) is 10.6. The normalized spacial score (nSPS) is 12.6. The molecule has 0 saturated heterocycles. The van der Waals surface area contributed by atoms with Crippen molar-refractivity contribution in [3.05, 3.63) is 29.3 Å². The third-order valence-corrected chi connectivity index (χ3v) is 2.28. The highest BCUT2D eigenvalue weighted by Crippen LogP contribution is 2.23. The summed E-state index contributed by atoms with van der Waals surface area (Å²) >= 11 is 0. The van der Waals surface area contributed by atoms with Crippen molar-refractivity contribution in [1.82, 2.24) is 0 Å². The van der Waals surface area contributed by atoms with Crippen molar-refractivity contribution in [3.8, 4) is 5.75 Å². The summed E-state index contributed by atoms with van der Waals surface area (Å²) < 4.78 is 5.08. The van der Waals surface area contributed by atoms with E-state index in [1.807, 2.05) is 25.1 Å². The summed E-state index contributed by atoms with van der Waals surface area (Å²) in [5.41, 5.74) is 7.35. The molecule has 0 aromatic heterocycles. The minimum atomic E-state index is -0.467. The average molecular weight is 195 g/mol. The molecule has 1 atom stereocenters. The molecule has 1 aromatic rings. The minimum Gasteiger partial charge on any atom is -0.497 e. The highest BCUT2D eigenvalue weighted by molar-refractivity contribution is 5.35. The van der Waals surface area contributed by atoms with Crippen LogP contribution < -0.4 is 10.5 Å². The number of nitrogens with two attached hydrogens (primary N) is 1. The first-order valence-corrected chi connectivity index (χ1v) is 4.71. The molecule has 0 bridgehead atoms. The third kappa shape index (κ3) is 2.47. The lowest BCUT2D eigenvalue weighted by Crippen LogP contribution is -2.07. The summed E-state index contributed by atoms with van der Waals surface area (Å²) in [7, 11) is 1.63. The van der Waals surface area contributed by atoms with Crippen LogP contribution in [0, 0.1) is 6.92 Å². The Morgan fingerprint density at radius 1 is 1.50 bits per heavy atom. The fraction of sp³-hybridized carbons (Fsp3) is 0.455. The Kier molecular flexibility index (Phi) is 3.92.